The van der Waals surface area contributed by atoms with Crippen LogP contribution < -0.4 is 5.32 Å². The Bertz CT molecular complexity index is 364. The predicted molar refractivity (Wildman–Crippen MR) is 71.2 cm³/mol. The Morgan fingerprint density at radius 2 is 2.00 bits per heavy atom. The van der Waals surface area contributed by atoms with Crippen LogP contribution in [-0.4, -0.2) is 30.9 Å². The van der Waals surface area contributed by atoms with Gasteiger partial charge in [0.25, 0.3) is 0 Å². The highest BCUT2D eigenvalue weighted by Gasteiger charge is 2.09. The van der Waals surface area contributed by atoms with Gasteiger partial charge in [-0.2, -0.15) is 0 Å². The lowest BCUT2D eigenvalue weighted by Crippen LogP contribution is -2.36. The lowest BCUT2D eigenvalue weighted by atomic mass is 10.1. The van der Waals surface area contributed by atoms with Gasteiger partial charge in [0.2, 0.25) is 5.91 Å². The maximum absolute atomic E-state index is 11.6. The Morgan fingerprint density at radius 1 is 1.41 bits per heavy atom. The van der Waals surface area contributed by atoms with E-state index in [0.717, 1.165) is 17.1 Å². The summed E-state index contributed by atoms with van der Waals surface area (Å²) in [6, 6.07) is 7.79. The van der Waals surface area contributed by atoms with Gasteiger partial charge in [0.1, 0.15) is 0 Å². The van der Waals surface area contributed by atoms with Gasteiger partial charge in [0.15, 0.2) is 0 Å². The largest absolute Gasteiger partial charge is 0.345 e. The highest BCUT2D eigenvalue weighted by molar-refractivity contribution is 6.30. The SMILES string of the molecule is CCN(C)C(=O)CN[C@H](C)c1ccc(Cl)cc1. The van der Waals surface area contributed by atoms with Crippen molar-refractivity contribution in [1.82, 2.24) is 10.2 Å². The van der Waals surface area contributed by atoms with Crippen LogP contribution in [0.15, 0.2) is 24.3 Å². The van der Waals surface area contributed by atoms with Gasteiger partial charge in [-0.05, 0) is 31.5 Å². The van der Waals surface area contributed by atoms with Gasteiger partial charge in [-0.1, -0.05) is 23.7 Å². The molecule has 0 bridgehead atoms. The second-order valence-electron chi connectivity index (χ2n) is 4.06. The number of nitrogens with zero attached hydrogens (tertiary/aromatic N) is 1. The highest BCUT2D eigenvalue weighted by Crippen LogP contribution is 2.15. The fourth-order valence-corrected chi connectivity index (χ4v) is 1.55. The van der Waals surface area contributed by atoms with Crippen molar-refractivity contribution in [3.8, 4) is 0 Å². The van der Waals surface area contributed by atoms with E-state index >= 15 is 0 Å². The summed E-state index contributed by atoms with van der Waals surface area (Å²) < 4.78 is 0. The van der Waals surface area contributed by atoms with Crippen molar-refractivity contribution in [1.29, 1.82) is 0 Å². The molecule has 0 heterocycles. The summed E-state index contributed by atoms with van der Waals surface area (Å²) in [7, 11) is 1.80. The van der Waals surface area contributed by atoms with Crippen LogP contribution >= 0.6 is 11.6 Å². The lowest BCUT2D eigenvalue weighted by molar-refractivity contribution is -0.128. The fraction of sp³-hybridized carbons (Fsp3) is 0.462. The molecule has 3 nitrogen and oxygen atoms in total. The topological polar surface area (TPSA) is 32.3 Å². The van der Waals surface area contributed by atoms with Crippen LogP contribution in [-0.2, 0) is 4.79 Å². The summed E-state index contributed by atoms with van der Waals surface area (Å²) in [6.07, 6.45) is 0. The van der Waals surface area contributed by atoms with E-state index in [2.05, 4.69) is 5.32 Å². The molecular formula is C13H19ClN2O. The van der Waals surface area contributed by atoms with Crippen molar-refractivity contribution in [3.05, 3.63) is 34.9 Å². The van der Waals surface area contributed by atoms with E-state index in [9.17, 15) is 4.79 Å². The second kappa shape index (κ2) is 6.62. The van der Waals surface area contributed by atoms with Crippen LogP contribution in [0, 0.1) is 0 Å². The number of halogens is 1. The molecule has 0 aromatic heterocycles. The number of benzene rings is 1. The van der Waals surface area contributed by atoms with E-state index < -0.39 is 0 Å². The first-order valence-electron chi connectivity index (χ1n) is 5.77. The van der Waals surface area contributed by atoms with Crippen LogP contribution in [0.3, 0.4) is 0 Å². The van der Waals surface area contributed by atoms with Crippen molar-refractivity contribution >= 4 is 17.5 Å². The van der Waals surface area contributed by atoms with E-state index in [1.54, 1.807) is 11.9 Å². The molecule has 1 amide bonds. The zero-order valence-electron chi connectivity index (χ0n) is 10.5. The van der Waals surface area contributed by atoms with E-state index in [0.29, 0.717) is 6.54 Å². The molecule has 1 atom stereocenters. The molecule has 0 unspecified atom stereocenters. The minimum atomic E-state index is 0.105. The minimum absolute atomic E-state index is 0.105. The molecule has 94 valence electrons. The molecule has 1 rings (SSSR count). The number of carbonyl (C=O) groups is 1. The Labute approximate surface area is 108 Å². The quantitative estimate of drug-likeness (QED) is 0.876. The van der Waals surface area contributed by atoms with E-state index in [-0.39, 0.29) is 11.9 Å². The van der Waals surface area contributed by atoms with E-state index in [1.807, 2.05) is 38.1 Å². The van der Waals surface area contributed by atoms with Crippen molar-refractivity contribution in [2.45, 2.75) is 19.9 Å². The molecule has 0 saturated carbocycles. The maximum atomic E-state index is 11.6. The monoisotopic (exact) mass is 254 g/mol. The molecule has 0 aliphatic rings. The van der Waals surface area contributed by atoms with Gasteiger partial charge in [0.05, 0.1) is 6.54 Å². The summed E-state index contributed by atoms with van der Waals surface area (Å²) >= 11 is 5.82. The molecule has 17 heavy (non-hydrogen) atoms. The molecular weight excluding hydrogens is 236 g/mol. The van der Waals surface area contributed by atoms with E-state index in [1.165, 1.54) is 0 Å². The van der Waals surface area contributed by atoms with Crippen LogP contribution in [0.4, 0.5) is 0 Å². The first-order chi connectivity index (χ1) is 8.04. The van der Waals surface area contributed by atoms with Gasteiger partial charge < -0.3 is 10.2 Å². The third-order valence-corrected chi connectivity index (χ3v) is 3.08. The van der Waals surface area contributed by atoms with Crippen LogP contribution in [0.1, 0.15) is 25.5 Å². The molecule has 0 radical (unpaired) electrons. The van der Waals surface area contributed by atoms with E-state index in [4.69, 9.17) is 11.6 Å². The second-order valence-corrected chi connectivity index (χ2v) is 4.50. The Kier molecular flexibility index (Phi) is 5.45. The predicted octanol–water partition coefficient (Wildman–Crippen LogP) is 2.47. The number of amides is 1. The Balaban J connectivity index is 2.47. The molecule has 0 fully saturated rings. The third kappa shape index (κ3) is 4.36. The molecule has 0 saturated heterocycles. The highest BCUT2D eigenvalue weighted by atomic mass is 35.5. The zero-order chi connectivity index (χ0) is 12.8. The zero-order valence-corrected chi connectivity index (χ0v) is 11.3. The molecule has 1 N–H and O–H groups in total. The molecule has 1 aromatic carbocycles. The Morgan fingerprint density at radius 3 is 2.53 bits per heavy atom. The molecule has 0 aliphatic heterocycles. The summed E-state index contributed by atoms with van der Waals surface area (Å²) in [5.74, 6) is 0.105. The smallest absolute Gasteiger partial charge is 0.236 e. The molecule has 4 heteroatoms. The Hall–Kier alpha value is -1.06. The average molecular weight is 255 g/mol. The lowest BCUT2D eigenvalue weighted by Gasteiger charge is -2.18. The molecule has 0 aliphatic carbocycles. The van der Waals surface area contributed by atoms with Gasteiger partial charge in [-0.3, -0.25) is 4.79 Å². The maximum Gasteiger partial charge on any atom is 0.236 e. The van der Waals surface area contributed by atoms with Crippen molar-refractivity contribution < 1.29 is 4.79 Å². The normalized spacial score (nSPS) is 12.2. The standard InChI is InChI=1S/C13H19ClN2O/c1-4-16(3)13(17)9-15-10(2)11-5-7-12(14)8-6-11/h5-8,10,15H,4,9H2,1-3H3/t10-/m1/s1. The van der Waals surface area contributed by atoms with Gasteiger partial charge in [-0.15, -0.1) is 0 Å². The van der Waals surface area contributed by atoms with Crippen molar-refractivity contribution in [3.63, 3.8) is 0 Å². The third-order valence-electron chi connectivity index (χ3n) is 2.83. The molecule has 0 spiro atoms. The van der Waals surface area contributed by atoms with Crippen LogP contribution in [0.25, 0.3) is 0 Å². The van der Waals surface area contributed by atoms with Gasteiger partial charge >= 0.3 is 0 Å². The summed E-state index contributed by atoms with van der Waals surface area (Å²) in [6.45, 7) is 5.08. The van der Waals surface area contributed by atoms with Gasteiger partial charge in [0, 0.05) is 24.7 Å². The number of rotatable bonds is 5. The van der Waals surface area contributed by atoms with Gasteiger partial charge in [-0.25, -0.2) is 0 Å². The summed E-state index contributed by atoms with van der Waals surface area (Å²) in [5.41, 5.74) is 1.13. The number of nitrogens with one attached hydrogen (secondary N) is 1. The van der Waals surface area contributed by atoms with Crippen molar-refractivity contribution in [2.75, 3.05) is 20.1 Å². The number of hydrogen-bond donors (Lipinski definition) is 1. The van der Waals surface area contributed by atoms with Crippen LogP contribution in [0.5, 0.6) is 0 Å². The summed E-state index contributed by atoms with van der Waals surface area (Å²) in [5, 5.41) is 3.92. The number of likely N-dealkylation sites (N-methyl/N-ethyl adjacent to an activating group) is 1. The average Bonchev–Trinajstić information content (AvgIpc) is 2.35. The van der Waals surface area contributed by atoms with Crippen LogP contribution in [0.2, 0.25) is 5.02 Å². The number of hydrogen-bond acceptors (Lipinski definition) is 2. The minimum Gasteiger partial charge on any atom is -0.345 e. The first-order valence-corrected chi connectivity index (χ1v) is 6.15. The first kappa shape index (κ1) is 14.0. The number of carbonyl (C=O) groups excluding carboxylic acids is 1. The molecule has 1 aromatic rings. The summed E-state index contributed by atoms with van der Waals surface area (Å²) in [4.78, 5) is 13.3. The van der Waals surface area contributed by atoms with Crippen molar-refractivity contribution in [2.24, 2.45) is 0 Å². The fourth-order valence-electron chi connectivity index (χ4n) is 1.42.